The van der Waals surface area contributed by atoms with Crippen molar-refractivity contribution in [3.63, 3.8) is 0 Å². The molecule has 0 saturated heterocycles. The predicted octanol–water partition coefficient (Wildman–Crippen LogP) is 7.22. The van der Waals surface area contributed by atoms with Crippen molar-refractivity contribution in [2.24, 2.45) is 5.41 Å². The van der Waals surface area contributed by atoms with E-state index in [-0.39, 0.29) is 36.6 Å². The number of alkyl halides is 4. The monoisotopic (exact) mass is 738 g/mol. The van der Waals surface area contributed by atoms with Crippen LogP contribution in [-0.4, -0.2) is 65.4 Å². The van der Waals surface area contributed by atoms with Crippen LogP contribution in [0.1, 0.15) is 57.0 Å². The lowest BCUT2D eigenvalue weighted by Crippen LogP contribution is -2.43. The smallest absolute Gasteiger partial charge is 0.422 e. The Balaban J connectivity index is 1.62. The lowest BCUT2D eigenvalue weighted by Gasteiger charge is -2.26. The van der Waals surface area contributed by atoms with E-state index in [0.717, 1.165) is 23.1 Å². The number of hydrogen-bond acceptors (Lipinski definition) is 9. The quantitative estimate of drug-likeness (QED) is 0.0888. The Bertz CT molecular complexity index is 1480. The third-order valence-electron chi connectivity index (χ3n) is 6.27. The van der Waals surface area contributed by atoms with Crippen LogP contribution in [0.25, 0.3) is 0 Å². The van der Waals surface area contributed by atoms with Crippen LogP contribution in [0.15, 0.2) is 54.6 Å². The highest BCUT2D eigenvalue weighted by Crippen LogP contribution is 2.24. The summed E-state index contributed by atoms with van der Waals surface area (Å²) in [6, 6.07) is 15.1. The average Bonchev–Trinajstić information content (AvgIpc) is 3.01. The summed E-state index contributed by atoms with van der Waals surface area (Å²) in [5, 5.41) is 12.5. The molecule has 0 spiro atoms. The van der Waals surface area contributed by atoms with Crippen LogP contribution in [0.4, 0.5) is 35.4 Å². The molecule has 15 heteroatoms. The second-order valence-corrected chi connectivity index (χ2v) is 13.4. The van der Waals surface area contributed by atoms with E-state index in [2.05, 4.69) is 47.2 Å². The molecule has 1 aromatic heterocycles. The largest absolute Gasteiger partial charge is 0.494 e. The molecule has 3 rings (SSSR count). The molecule has 0 aliphatic heterocycles. The minimum atomic E-state index is -4.55. The van der Waals surface area contributed by atoms with Crippen molar-refractivity contribution < 1.29 is 37.0 Å². The van der Waals surface area contributed by atoms with Crippen molar-refractivity contribution >= 4 is 45.4 Å². The number of nitrogens with one attached hydrogen (secondary N) is 4. The number of amides is 2. The van der Waals surface area contributed by atoms with E-state index in [1.807, 2.05) is 38.1 Å². The Kier molecular flexibility index (Phi) is 13.7. The molecule has 262 valence electrons. The Morgan fingerprint density at radius 1 is 0.875 bits per heavy atom. The lowest BCUT2D eigenvalue weighted by molar-refractivity contribution is -0.154. The van der Waals surface area contributed by atoms with E-state index in [0.29, 0.717) is 24.4 Å². The molecule has 0 fully saturated rings. The molecule has 48 heavy (non-hydrogen) atoms. The van der Waals surface area contributed by atoms with Gasteiger partial charge in [-0.2, -0.15) is 23.1 Å². The highest BCUT2D eigenvalue weighted by Gasteiger charge is 2.29. The number of aromatic nitrogens is 2. The van der Waals surface area contributed by atoms with Crippen LogP contribution >= 0.6 is 15.9 Å². The normalized spacial score (nSPS) is 11.8. The molecular formula is C33H42BrF3N6O5. The minimum absolute atomic E-state index is 0.0100. The number of halogens is 4. The standard InChI is InChI=1S/C33H42BrF3N6O5/c1-31(2,3)48-30(45)40-20-32(4,5)19-39-28(44)23-9-11-24(12-10-23)41-29-42-26(17-27(43-29)47-21-33(35,36)37)38-18-22-7-13-25(14-8-22)46-16-6-15-34/h7-14,17H,6,15-16,18-21H2,1-5H3,(H,39,44)(H,40,45)(H2,38,41,42,43). The van der Waals surface area contributed by atoms with Gasteiger partial charge in [-0.05, 0) is 74.6 Å². The van der Waals surface area contributed by atoms with E-state index in [1.54, 1.807) is 45.0 Å². The third-order valence-corrected chi connectivity index (χ3v) is 6.83. The van der Waals surface area contributed by atoms with E-state index in [1.165, 1.54) is 6.07 Å². The van der Waals surface area contributed by atoms with Crippen molar-refractivity contribution in [1.82, 2.24) is 20.6 Å². The molecule has 2 aromatic carbocycles. The maximum absolute atomic E-state index is 12.9. The van der Waals surface area contributed by atoms with Gasteiger partial charge in [0.15, 0.2) is 6.61 Å². The summed E-state index contributed by atoms with van der Waals surface area (Å²) in [7, 11) is 0. The van der Waals surface area contributed by atoms with Gasteiger partial charge < -0.3 is 35.5 Å². The number of alkyl carbamates (subject to hydrolysis) is 1. The molecule has 0 radical (unpaired) electrons. The number of benzene rings is 2. The van der Waals surface area contributed by atoms with Crippen LogP contribution < -0.4 is 30.7 Å². The fourth-order valence-corrected chi connectivity index (χ4v) is 4.11. The summed E-state index contributed by atoms with van der Waals surface area (Å²) < 4.78 is 54.4. The summed E-state index contributed by atoms with van der Waals surface area (Å²) in [5.41, 5.74) is 0.685. The molecule has 0 aliphatic carbocycles. The molecule has 3 aromatic rings. The Labute approximate surface area is 286 Å². The Morgan fingerprint density at radius 2 is 1.54 bits per heavy atom. The SMILES string of the molecule is CC(C)(CNC(=O)OC(C)(C)C)CNC(=O)c1ccc(Nc2nc(NCc3ccc(OCCCBr)cc3)cc(OCC(F)(F)F)n2)cc1. The summed E-state index contributed by atoms with van der Waals surface area (Å²) in [6.07, 6.45) is -4.21. The van der Waals surface area contributed by atoms with Crippen molar-refractivity contribution in [2.75, 3.05) is 42.3 Å². The van der Waals surface area contributed by atoms with Gasteiger partial charge in [0, 0.05) is 42.3 Å². The van der Waals surface area contributed by atoms with Crippen LogP contribution in [0.2, 0.25) is 0 Å². The molecule has 2 amide bonds. The summed E-state index contributed by atoms with van der Waals surface area (Å²) >= 11 is 3.36. The van der Waals surface area contributed by atoms with Crippen molar-refractivity contribution in [2.45, 2.75) is 59.4 Å². The van der Waals surface area contributed by atoms with E-state index in [4.69, 9.17) is 14.2 Å². The average molecular weight is 740 g/mol. The number of rotatable bonds is 16. The van der Waals surface area contributed by atoms with Gasteiger partial charge in [-0.3, -0.25) is 4.79 Å². The first-order valence-electron chi connectivity index (χ1n) is 15.2. The number of anilines is 3. The van der Waals surface area contributed by atoms with Crippen LogP contribution in [0, 0.1) is 5.41 Å². The predicted molar refractivity (Wildman–Crippen MR) is 181 cm³/mol. The zero-order chi connectivity index (χ0) is 35.4. The zero-order valence-electron chi connectivity index (χ0n) is 27.6. The number of carbonyl (C=O) groups is 2. The number of nitrogens with zero attached hydrogens (tertiary/aromatic N) is 2. The summed E-state index contributed by atoms with van der Waals surface area (Å²) in [5.74, 6) is 0.362. The van der Waals surface area contributed by atoms with Gasteiger partial charge in [0.2, 0.25) is 11.8 Å². The number of carbonyl (C=O) groups excluding carboxylic acids is 2. The molecule has 1 heterocycles. The fraction of sp³-hybridized carbons (Fsp3) is 0.455. The lowest BCUT2D eigenvalue weighted by atomic mass is 9.93. The first-order valence-corrected chi connectivity index (χ1v) is 16.3. The van der Waals surface area contributed by atoms with Gasteiger partial charge in [-0.1, -0.05) is 41.9 Å². The second kappa shape index (κ2) is 17.2. The third kappa shape index (κ3) is 14.7. The molecule has 11 nitrogen and oxygen atoms in total. The number of ether oxygens (including phenoxy) is 3. The Hall–Kier alpha value is -4.27. The van der Waals surface area contributed by atoms with Gasteiger partial charge >= 0.3 is 12.3 Å². The van der Waals surface area contributed by atoms with Gasteiger partial charge in [0.1, 0.15) is 17.2 Å². The first-order chi connectivity index (χ1) is 22.5. The van der Waals surface area contributed by atoms with Gasteiger partial charge in [-0.15, -0.1) is 0 Å². The molecular weight excluding hydrogens is 697 g/mol. The second-order valence-electron chi connectivity index (χ2n) is 12.6. The van der Waals surface area contributed by atoms with Gasteiger partial charge in [0.25, 0.3) is 5.91 Å². The van der Waals surface area contributed by atoms with E-state index < -0.39 is 29.9 Å². The molecule has 0 saturated carbocycles. The van der Waals surface area contributed by atoms with E-state index in [9.17, 15) is 22.8 Å². The summed E-state index contributed by atoms with van der Waals surface area (Å²) in [6.45, 7) is 9.08. The number of hydrogen-bond donors (Lipinski definition) is 4. The molecule has 0 bridgehead atoms. The maximum Gasteiger partial charge on any atom is 0.422 e. The van der Waals surface area contributed by atoms with Crippen LogP contribution in [0.3, 0.4) is 0 Å². The molecule has 0 atom stereocenters. The van der Waals surface area contributed by atoms with Gasteiger partial charge in [0.05, 0.1) is 6.61 Å². The Morgan fingerprint density at radius 3 is 2.17 bits per heavy atom. The first kappa shape index (κ1) is 38.2. The van der Waals surface area contributed by atoms with Crippen LogP contribution in [-0.2, 0) is 11.3 Å². The topological polar surface area (TPSA) is 136 Å². The van der Waals surface area contributed by atoms with Crippen LogP contribution in [0.5, 0.6) is 11.6 Å². The van der Waals surface area contributed by atoms with Gasteiger partial charge in [-0.25, -0.2) is 4.79 Å². The minimum Gasteiger partial charge on any atom is -0.494 e. The molecule has 0 aliphatic rings. The fourth-order valence-electron chi connectivity index (χ4n) is 3.89. The van der Waals surface area contributed by atoms with Crippen molar-refractivity contribution in [1.29, 1.82) is 0 Å². The molecule has 4 N–H and O–H groups in total. The zero-order valence-corrected chi connectivity index (χ0v) is 29.2. The van der Waals surface area contributed by atoms with Crippen molar-refractivity contribution in [3.05, 3.63) is 65.7 Å². The summed E-state index contributed by atoms with van der Waals surface area (Å²) in [4.78, 5) is 33.2. The highest BCUT2D eigenvalue weighted by atomic mass is 79.9. The highest BCUT2D eigenvalue weighted by molar-refractivity contribution is 9.09. The molecule has 0 unspecified atom stereocenters. The maximum atomic E-state index is 12.9. The van der Waals surface area contributed by atoms with E-state index >= 15 is 0 Å². The van der Waals surface area contributed by atoms with Crippen molar-refractivity contribution in [3.8, 4) is 11.6 Å².